The number of nitrogens with one attached hydrogen (secondary N) is 2. The van der Waals surface area contributed by atoms with Gasteiger partial charge in [0.1, 0.15) is 0 Å². The number of amides is 2. The molecular formula is C22H25N5O2. The average Bonchev–Trinajstić information content (AvgIpc) is 3.46. The number of carbonyl (C=O) groups excluding carboxylic acids is 2. The minimum atomic E-state index is -0.226. The molecule has 1 aromatic carbocycles. The first-order valence-corrected chi connectivity index (χ1v) is 10.1. The molecule has 3 aromatic rings. The molecule has 2 heterocycles. The highest BCUT2D eigenvalue weighted by atomic mass is 16.2. The van der Waals surface area contributed by atoms with Gasteiger partial charge >= 0.3 is 0 Å². The quantitative estimate of drug-likeness (QED) is 0.667. The molecule has 0 spiro atoms. The van der Waals surface area contributed by atoms with Gasteiger partial charge in [0.25, 0.3) is 11.8 Å². The maximum absolute atomic E-state index is 13.1. The number of pyridine rings is 1. The number of anilines is 1. The molecular weight excluding hydrogens is 366 g/mol. The second-order valence-electron chi connectivity index (χ2n) is 7.68. The summed E-state index contributed by atoms with van der Waals surface area (Å²) in [6.45, 7) is 6.51. The van der Waals surface area contributed by atoms with Crippen LogP contribution in [0, 0.1) is 0 Å². The molecule has 1 aliphatic rings. The maximum atomic E-state index is 13.1. The lowest BCUT2D eigenvalue weighted by atomic mass is 10.1. The Kier molecular flexibility index (Phi) is 5.05. The molecule has 2 aromatic heterocycles. The lowest BCUT2D eigenvalue weighted by Gasteiger charge is -2.11. The molecule has 2 N–H and O–H groups in total. The van der Waals surface area contributed by atoms with E-state index in [0.29, 0.717) is 29.3 Å². The van der Waals surface area contributed by atoms with Crippen molar-refractivity contribution in [1.29, 1.82) is 0 Å². The van der Waals surface area contributed by atoms with Crippen LogP contribution in [0.15, 0.2) is 36.5 Å². The predicted molar refractivity (Wildman–Crippen MR) is 112 cm³/mol. The summed E-state index contributed by atoms with van der Waals surface area (Å²) in [6.07, 6.45) is 3.91. The molecule has 7 nitrogen and oxygen atoms in total. The first-order chi connectivity index (χ1) is 14.0. The molecule has 0 aliphatic heterocycles. The zero-order valence-electron chi connectivity index (χ0n) is 16.9. The first kappa shape index (κ1) is 19.1. The monoisotopic (exact) mass is 391 g/mol. The summed E-state index contributed by atoms with van der Waals surface area (Å²) in [4.78, 5) is 30.0. The van der Waals surface area contributed by atoms with Crippen LogP contribution in [0.5, 0.6) is 0 Å². The molecule has 0 saturated heterocycles. The number of hydrogen-bond acceptors (Lipinski definition) is 4. The van der Waals surface area contributed by atoms with E-state index in [4.69, 9.17) is 4.98 Å². The first-order valence-electron chi connectivity index (χ1n) is 10.1. The molecule has 0 unspecified atom stereocenters. The molecule has 1 saturated carbocycles. The van der Waals surface area contributed by atoms with Crippen molar-refractivity contribution in [1.82, 2.24) is 20.1 Å². The SMILES string of the molecule is CCNC(=O)c1cccc(NC(=O)c2cc(C3CC3)nc3c2cnn3C(C)C)c1. The van der Waals surface area contributed by atoms with Crippen LogP contribution in [0.1, 0.15) is 72.0 Å². The van der Waals surface area contributed by atoms with Gasteiger partial charge in [-0.05, 0) is 57.9 Å². The highest BCUT2D eigenvalue weighted by Gasteiger charge is 2.28. The van der Waals surface area contributed by atoms with Crippen LogP contribution in [0.2, 0.25) is 0 Å². The second-order valence-corrected chi connectivity index (χ2v) is 7.68. The fourth-order valence-electron chi connectivity index (χ4n) is 3.39. The molecule has 4 rings (SSSR count). The van der Waals surface area contributed by atoms with E-state index in [-0.39, 0.29) is 17.9 Å². The van der Waals surface area contributed by atoms with Gasteiger partial charge in [-0.15, -0.1) is 0 Å². The third kappa shape index (κ3) is 3.85. The van der Waals surface area contributed by atoms with Crippen molar-refractivity contribution in [2.24, 2.45) is 0 Å². The summed E-state index contributed by atoms with van der Waals surface area (Å²) in [5, 5.41) is 10.9. The predicted octanol–water partition coefficient (Wildman–Crippen LogP) is 3.89. The molecule has 7 heteroatoms. The van der Waals surface area contributed by atoms with E-state index in [1.54, 1.807) is 30.5 Å². The largest absolute Gasteiger partial charge is 0.352 e. The minimum absolute atomic E-state index is 0.152. The fourth-order valence-corrected chi connectivity index (χ4v) is 3.39. The Bertz CT molecular complexity index is 1080. The second kappa shape index (κ2) is 7.66. The zero-order chi connectivity index (χ0) is 20.5. The van der Waals surface area contributed by atoms with Crippen molar-refractivity contribution < 1.29 is 9.59 Å². The highest BCUT2D eigenvalue weighted by molar-refractivity contribution is 6.12. The Hall–Kier alpha value is -3.22. The fraction of sp³-hybridized carbons (Fsp3) is 0.364. The number of carbonyl (C=O) groups is 2. The number of nitrogens with zero attached hydrogens (tertiary/aromatic N) is 3. The molecule has 2 amide bonds. The summed E-state index contributed by atoms with van der Waals surface area (Å²) in [5.41, 5.74) is 3.34. The van der Waals surface area contributed by atoms with Crippen LogP contribution in [0.4, 0.5) is 5.69 Å². The lowest BCUT2D eigenvalue weighted by Crippen LogP contribution is -2.22. The van der Waals surface area contributed by atoms with Crippen molar-refractivity contribution in [3.63, 3.8) is 0 Å². The summed E-state index contributed by atoms with van der Waals surface area (Å²) in [6, 6.07) is 8.98. The van der Waals surface area contributed by atoms with Gasteiger partial charge in [0.05, 0.1) is 17.1 Å². The van der Waals surface area contributed by atoms with Gasteiger partial charge in [-0.2, -0.15) is 5.10 Å². The normalized spacial score (nSPS) is 13.7. The van der Waals surface area contributed by atoms with Crippen molar-refractivity contribution >= 4 is 28.5 Å². The van der Waals surface area contributed by atoms with Gasteiger partial charge in [0, 0.05) is 35.4 Å². The van der Waals surface area contributed by atoms with Crippen LogP contribution < -0.4 is 10.6 Å². The summed E-state index contributed by atoms with van der Waals surface area (Å²) in [5.74, 6) is 0.0299. The van der Waals surface area contributed by atoms with Gasteiger partial charge in [0.2, 0.25) is 0 Å². The molecule has 150 valence electrons. The lowest BCUT2D eigenvalue weighted by molar-refractivity contribution is 0.0954. The van der Waals surface area contributed by atoms with Crippen LogP contribution in [0.3, 0.4) is 0 Å². The third-order valence-corrected chi connectivity index (χ3v) is 5.04. The minimum Gasteiger partial charge on any atom is -0.352 e. The van der Waals surface area contributed by atoms with Crippen molar-refractivity contribution in [2.45, 2.75) is 45.6 Å². The average molecular weight is 391 g/mol. The van der Waals surface area contributed by atoms with E-state index in [9.17, 15) is 9.59 Å². The van der Waals surface area contributed by atoms with E-state index >= 15 is 0 Å². The van der Waals surface area contributed by atoms with E-state index in [2.05, 4.69) is 15.7 Å². The van der Waals surface area contributed by atoms with E-state index in [1.165, 1.54) is 0 Å². The standard InChI is InChI=1S/C22H25N5O2/c1-4-23-21(28)15-6-5-7-16(10-15)25-22(29)17-11-19(14-8-9-14)26-20-18(17)12-24-27(20)13(2)3/h5-7,10-14H,4,8-9H2,1-3H3,(H,23,28)(H,25,29). The summed E-state index contributed by atoms with van der Waals surface area (Å²) < 4.78 is 1.85. The summed E-state index contributed by atoms with van der Waals surface area (Å²) >= 11 is 0. The molecule has 1 fully saturated rings. The molecule has 0 atom stereocenters. The maximum Gasteiger partial charge on any atom is 0.256 e. The van der Waals surface area contributed by atoms with Crippen LogP contribution in [0.25, 0.3) is 11.0 Å². The Labute approximate surface area is 169 Å². The van der Waals surface area contributed by atoms with Crippen molar-refractivity contribution in [3.05, 3.63) is 53.3 Å². The van der Waals surface area contributed by atoms with E-state index < -0.39 is 0 Å². The van der Waals surface area contributed by atoms with Gasteiger partial charge in [0.15, 0.2) is 5.65 Å². The smallest absolute Gasteiger partial charge is 0.256 e. The molecule has 0 radical (unpaired) electrons. The molecule has 29 heavy (non-hydrogen) atoms. The molecule has 1 aliphatic carbocycles. The summed E-state index contributed by atoms with van der Waals surface area (Å²) in [7, 11) is 0. The Morgan fingerprint density at radius 1 is 1.21 bits per heavy atom. The van der Waals surface area contributed by atoms with Crippen LogP contribution in [-0.4, -0.2) is 33.1 Å². The Morgan fingerprint density at radius 3 is 2.69 bits per heavy atom. The number of rotatable bonds is 6. The van der Waals surface area contributed by atoms with Crippen LogP contribution in [-0.2, 0) is 0 Å². The number of fused-ring (bicyclic) bond motifs is 1. The van der Waals surface area contributed by atoms with Gasteiger partial charge in [-0.25, -0.2) is 9.67 Å². The van der Waals surface area contributed by atoms with Gasteiger partial charge in [-0.3, -0.25) is 9.59 Å². The van der Waals surface area contributed by atoms with E-state index in [0.717, 1.165) is 29.6 Å². The van der Waals surface area contributed by atoms with Crippen molar-refractivity contribution in [3.8, 4) is 0 Å². The van der Waals surface area contributed by atoms with Crippen molar-refractivity contribution in [2.75, 3.05) is 11.9 Å². The number of benzene rings is 1. The number of hydrogen-bond donors (Lipinski definition) is 2. The highest BCUT2D eigenvalue weighted by Crippen LogP contribution is 2.40. The van der Waals surface area contributed by atoms with Gasteiger partial charge in [-0.1, -0.05) is 6.07 Å². The van der Waals surface area contributed by atoms with Gasteiger partial charge < -0.3 is 10.6 Å². The number of aromatic nitrogens is 3. The molecule has 0 bridgehead atoms. The zero-order valence-corrected chi connectivity index (χ0v) is 16.9. The van der Waals surface area contributed by atoms with E-state index in [1.807, 2.05) is 31.5 Å². The van der Waals surface area contributed by atoms with Crippen LogP contribution >= 0.6 is 0 Å². The Balaban J connectivity index is 1.68. The topological polar surface area (TPSA) is 88.9 Å². The third-order valence-electron chi connectivity index (χ3n) is 5.04. The Morgan fingerprint density at radius 2 is 2.00 bits per heavy atom.